The Morgan fingerprint density at radius 3 is 2.44 bits per heavy atom. The van der Waals surface area contributed by atoms with E-state index in [0.717, 1.165) is 81.3 Å². The SMILES string of the molecule is CCCc1cc(Cl)ccc1C1COc2ccc3cc2N(C1)CC1CCC1C(C1OCCCO1)CCCC(C)C(C)S(=O)NC3=O.FC1CNC1. The van der Waals surface area contributed by atoms with Gasteiger partial charge in [0.2, 0.25) is 0 Å². The molecule has 2 aromatic rings. The van der Waals surface area contributed by atoms with Crippen LogP contribution in [0.5, 0.6) is 5.75 Å². The Kier molecular flexibility index (Phi) is 13.1. The third kappa shape index (κ3) is 9.03. The first-order chi connectivity index (χ1) is 24.2. The van der Waals surface area contributed by atoms with Gasteiger partial charge in [-0.1, -0.05) is 44.4 Å². The lowest BCUT2D eigenvalue weighted by Crippen LogP contribution is -2.47. The lowest BCUT2D eigenvalue weighted by Gasteiger charge is -2.47. The first-order valence-electron chi connectivity index (χ1n) is 18.8. The van der Waals surface area contributed by atoms with E-state index < -0.39 is 17.2 Å². The molecule has 2 aromatic carbocycles. The minimum Gasteiger partial charge on any atom is -0.491 e. The van der Waals surface area contributed by atoms with Crippen molar-refractivity contribution in [2.75, 3.05) is 50.9 Å². The summed E-state index contributed by atoms with van der Waals surface area (Å²) in [6, 6.07) is 11.9. The second-order valence-corrected chi connectivity index (χ2v) is 16.9. The van der Waals surface area contributed by atoms with Crippen LogP contribution < -0.4 is 19.7 Å². The maximum atomic E-state index is 13.4. The number of hydrogen-bond acceptors (Lipinski definition) is 7. The minimum atomic E-state index is -1.49. The van der Waals surface area contributed by atoms with E-state index in [0.29, 0.717) is 43.0 Å². The summed E-state index contributed by atoms with van der Waals surface area (Å²) < 4.78 is 46.6. The Labute approximate surface area is 305 Å². The van der Waals surface area contributed by atoms with E-state index >= 15 is 0 Å². The van der Waals surface area contributed by atoms with E-state index in [9.17, 15) is 13.4 Å². The summed E-state index contributed by atoms with van der Waals surface area (Å²) in [6.45, 7) is 11.2. The van der Waals surface area contributed by atoms with E-state index in [4.69, 9.17) is 25.8 Å². The quantitative estimate of drug-likeness (QED) is 0.344. The van der Waals surface area contributed by atoms with Crippen LogP contribution in [0.15, 0.2) is 36.4 Å². The van der Waals surface area contributed by atoms with Crippen molar-refractivity contribution in [1.82, 2.24) is 10.0 Å². The van der Waals surface area contributed by atoms with Crippen LogP contribution in [-0.2, 0) is 26.9 Å². The van der Waals surface area contributed by atoms with Crippen LogP contribution >= 0.6 is 11.6 Å². The molecule has 0 radical (unpaired) electrons. The summed E-state index contributed by atoms with van der Waals surface area (Å²) in [7, 11) is -1.49. The summed E-state index contributed by atoms with van der Waals surface area (Å²) in [5, 5.41) is 3.39. The smallest absolute Gasteiger partial charge is 0.263 e. The largest absolute Gasteiger partial charge is 0.491 e. The van der Waals surface area contributed by atoms with Gasteiger partial charge in [-0.25, -0.2) is 8.60 Å². The number of benzene rings is 2. The van der Waals surface area contributed by atoms with E-state index in [1.165, 1.54) is 24.0 Å². The zero-order valence-electron chi connectivity index (χ0n) is 29.8. The first kappa shape index (κ1) is 37.5. The maximum absolute atomic E-state index is 13.4. The molecule has 0 aromatic heterocycles. The van der Waals surface area contributed by atoms with Gasteiger partial charge in [0.15, 0.2) is 6.29 Å². The molecule has 2 bridgehead atoms. The fourth-order valence-electron chi connectivity index (χ4n) is 8.05. The molecule has 7 atom stereocenters. The van der Waals surface area contributed by atoms with Gasteiger partial charge in [0.25, 0.3) is 5.91 Å². The molecule has 1 aliphatic carbocycles. The van der Waals surface area contributed by atoms with Gasteiger partial charge in [-0.2, -0.15) is 0 Å². The fourth-order valence-corrected chi connectivity index (χ4v) is 9.29. The van der Waals surface area contributed by atoms with Crippen LogP contribution in [0, 0.1) is 23.7 Å². The molecule has 1 saturated carbocycles. The van der Waals surface area contributed by atoms with Gasteiger partial charge < -0.3 is 24.4 Å². The second-order valence-electron chi connectivity index (χ2n) is 14.9. The monoisotopic (exact) mass is 731 g/mol. The zero-order chi connectivity index (χ0) is 35.2. The second kappa shape index (κ2) is 17.5. The van der Waals surface area contributed by atoms with Crippen LogP contribution in [0.2, 0.25) is 5.02 Å². The van der Waals surface area contributed by atoms with E-state index in [-0.39, 0.29) is 29.3 Å². The molecule has 1 amide bonds. The van der Waals surface area contributed by atoms with Gasteiger partial charge in [-0.15, -0.1) is 0 Å². The lowest BCUT2D eigenvalue weighted by atomic mass is 9.65. The number of nitrogens with one attached hydrogen (secondary N) is 2. The van der Waals surface area contributed by atoms with Gasteiger partial charge in [-0.05, 0) is 105 Å². The Morgan fingerprint density at radius 2 is 1.76 bits per heavy atom. The van der Waals surface area contributed by atoms with Crippen molar-refractivity contribution in [3.8, 4) is 5.75 Å². The Balaban J connectivity index is 0.000000794. The average molecular weight is 732 g/mol. The number of halogens is 2. The highest BCUT2D eigenvalue weighted by atomic mass is 35.5. The number of carbonyl (C=O) groups excluding carboxylic acids is 1. The first-order valence-corrected chi connectivity index (χ1v) is 20.4. The van der Waals surface area contributed by atoms with Crippen molar-refractivity contribution in [1.29, 1.82) is 0 Å². The number of carbonyl (C=O) groups is 1. The van der Waals surface area contributed by atoms with Crippen LogP contribution in [0.3, 0.4) is 0 Å². The molecule has 4 aliphatic heterocycles. The average Bonchev–Trinajstić information content (AvgIpc) is 3.27. The fraction of sp³-hybridized carbons (Fsp3) is 0.667. The van der Waals surface area contributed by atoms with Gasteiger partial charge in [0, 0.05) is 48.6 Å². The third-order valence-electron chi connectivity index (χ3n) is 11.5. The van der Waals surface area contributed by atoms with Crippen molar-refractivity contribution in [2.45, 2.75) is 95.8 Å². The highest BCUT2D eigenvalue weighted by molar-refractivity contribution is 7.84. The summed E-state index contributed by atoms with van der Waals surface area (Å²) in [6.07, 6.45) is 7.59. The van der Waals surface area contributed by atoms with Crippen molar-refractivity contribution in [2.24, 2.45) is 23.7 Å². The molecule has 7 rings (SSSR count). The molecule has 0 spiro atoms. The minimum absolute atomic E-state index is 0.147. The van der Waals surface area contributed by atoms with E-state index in [2.05, 4.69) is 40.9 Å². The van der Waals surface area contributed by atoms with Crippen molar-refractivity contribution >= 4 is 34.2 Å². The molecule has 3 fully saturated rings. The van der Waals surface area contributed by atoms with Crippen LogP contribution in [0.1, 0.15) is 93.1 Å². The molecule has 8 nitrogen and oxygen atoms in total. The maximum Gasteiger partial charge on any atom is 0.263 e. The molecular formula is C39H55ClFN3O5S. The van der Waals surface area contributed by atoms with Gasteiger partial charge in [0.05, 0.1) is 30.8 Å². The predicted octanol–water partition coefficient (Wildman–Crippen LogP) is 7.21. The Bertz CT molecular complexity index is 1470. The van der Waals surface area contributed by atoms with Crippen molar-refractivity contribution < 1.29 is 27.6 Å². The normalized spacial score (nSPS) is 31.0. The number of anilines is 1. The number of nitrogens with zero attached hydrogens (tertiary/aromatic N) is 1. The number of ether oxygens (including phenoxy) is 3. The molecule has 11 heteroatoms. The molecule has 7 unspecified atom stereocenters. The zero-order valence-corrected chi connectivity index (χ0v) is 31.4. The number of alkyl halides is 1. The number of rotatable bonds is 4. The Morgan fingerprint density at radius 1 is 0.980 bits per heavy atom. The standard InChI is InChI=1S/C36H49ClN2O5S.C3H6FN/c1-4-7-25-18-29(37)12-14-30(25)28-21-39-20-27-10-13-31(27)32(36-42-16-6-17-43-36)9-5-8-23(2)24(3)45(41)38-35(40)26-11-15-34(44-22-28)33(39)19-26;4-3-1-5-2-3/h11-12,14-15,18-19,23-24,27-28,31-32,36H,4-10,13,16-17,20-22H2,1-3H3,(H,38,40);3,5H,1-2H2. The molecule has 2 N–H and O–H groups in total. The predicted molar refractivity (Wildman–Crippen MR) is 198 cm³/mol. The van der Waals surface area contributed by atoms with Gasteiger partial charge >= 0.3 is 0 Å². The molecule has 5 aliphatic rings. The summed E-state index contributed by atoms with van der Waals surface area (Å²) in [5.41, 5.74) is 4.00. The van der Waals surface area contributed by atoms with Crippen LogP contribution in [0.25, 0.3) is 0 Å². The van der Waals surface area contributed by atoms with Crippen LogP contribution in [-0.4, -0.2) is 73.8 Å². The molecule has 4 heterocycles. The molecule has 2 saturated heterocycles. The third-order valence-corrected chi connectivity index (χ3v) is 13.2. The lowest BCUT2D eigenvalue weighted by molar-refractivity contribution is -0.224. The summed E-state index contributed by atoms with van der Waals surface area (Å²) >= 11 is 6.45. The van der Waals surface area contributed by atoms with Gasteiger partial charge in [-0.3, -0.25) is 9.52 Å². The number of hydrogen-bond donors (Lipinski definition) is 2. The molecule has 276 valence electrons. The van der Waals surface area contributed by atoms with E-state index in [1.54, 1.807) is 6.07 Å². The highest BCUT2D eigenvalue weighted by Crippen LogP contribution is 2.47. The van der Waals surface area contributed by atoms with Crippen LogP contribution in [0.4, 0.5) is 10.1 Å². The summed E-state index contributed by atoms with van der Waals surface area (Å²) in [5.74, 6) is 2.17. The molecule has 50 heavy (non-hydrogen) atoms. The molecular weight excluding hydrogens is 677 g/mol. The van der Waals surface area contributed by atoms with E-state index in [1.807, 2.05) is 25.1 Å². The number of amides is 1. The highest BCUT2D eigenvalue weighted by Gasteiger charge is 2.43. The van der Waals surface area contributed by atoms with Crippen molar-refractivity contribution in [3.63, 3.8) is 0 Å². The topological polar surface area (TPSA) is 89.1 Å². The van der Waals surface area contributed by atoms with Gasteiger partial charge in [0.1, 0.15) is 22.9 Å². The Hall–Kier alpha value is -2.24. The summed E-state index contributed by atoms with van der Waals surface area (Å²) in [4.78, 5) is 15.9. The number of fused-ring (bicyclic) bond motifs is 2. The van der Waals surface area contributed by atoms with Crippen molar-refractivity contribution in [3.05, 3.63) is 58.1 Å². The number of aryl methyl sites for hydroxylation is 1.